The van der Waals surface area contributed by atoms with Gasteiger partial charge in [0.05, 0.1) is 30.2 Å². The summed E-state index contributed by atoms with van der Waals surface area (Å²) < 4.78 is 19.5. The summed E-state index contributed by atoms with van der Waals surface area (Å²) in [6.07, 6.45) is 2.83. The Bertz CT molecular complexity index is 1260. The second-order valence-electron chi connectivity index (χ2n) is 6.84. The summed E-state index contributed by atoms with van der Waals surface area (Å²) >= 11 is 0. The second kappa shape index (κ2) is 8.86. The zero-order valence-corrected chi connectivity index (χ0v) is 17.1. The van der Waals surface area contributed by atoms with E-state index in [-0.39, 0.29) is 29.0 Å². The molecule has 0 aliphatic rings. The first-order valence-electron chi connectivity index (χ1n) is 9.70. The number of hydrogen-bond acceptors (Lipinski definition) is 9. The molecule has 8 N–H and O–H groups in total. The molecule has 32 heavy (non-hydrogen) atoms. The molecule has 10 nitrogen and oxygen atoms in total. The molecule has 2 heterocycles. The molecule has 0 radical (unpaired) electrons. The molecular formula is C21H22FN7O3. The summed E-state index contributed by atoms with van der Waals surface area (Å²) in [6, 6.07) is 8.46. The van der Waals surface area contributed by atoms with Crippen molar-refractivity contribution in [3.8, 4) is 17.2 Å². The highest BCUT2D eigenvalue weighted by Gasteiger charge is 2.16. The molecule has 2 aromatic heterocycles. The van der Waals surface area contributed by atoms with Gasteiger partial charge in [0.25, 0.3) is 0 Å². The van der Waals surface area contributed by atoms with Gasteiger partial charge in [0.2, 0.25) is 11.7 Å². The maximum absolute atomic E-state index is 14.4. The number of ether oxygens (including phenoxy) is 1. The maximum Gasteiger partial charge on any atom is 0.229 e. The lowest BCUT2D eigenvalue weighted by molar-refractivity contribution is 0.352. The van der Waals surface area contributed by atoms with Crippen molar-refractivity contribution in [2.75, 3.05) is 36.1 Å². The van der Waals surface area contributed by atoms with Crippen LogP contribution < -0.4 is 26.4 Å². The quantitative estimate of drug-likeness (QED) is 0.162. The smallest absolute Gasteiger partial charge is 0.229 e. The van der Waals surface area contributed by atoms with Gasteiger partial charge in [0.1, 0.15) is 0 Å². The number of hydrogen-bond donors (Lipinski definition) is 7. The van der Waals surface area contributed by atoms with E-state index in [1.807, 2.05) is 24.4 Å². The van der Waals surface area contributed by atoms with Crippen LogP contribution in [0.15, 0.2) is 42.7 Å². The zero-order valence-electron chi connectivity index (χ0n) is 17.1. The average molecular weight is 439 g/mol. The molecule has 0 fully saturated rings. The number of H-pyrrole nitrogens is 1. The lowest BCUT2D eigenvalue weighted by Gasteiger charge is -2.14. The number of aromatic hydroxyl groups is 2. The van der Waals surface area contributed by atoms with E-state index in [0.717, 1.165) is 22.8 Å². The third kappa shape index (κ3) is 4.14. The largest absolute Gasteiger partial charge is 0.504 e. The molecule has 0 bridgehead atoms. The minimum Gasteiger partial charge on any atom is -0.504 e. The normalized spacial score (nSPS) is 10.8. The fourth-order valence-electron chi connectivity index (χ4n) is 3.22. The van der Waals surface area contributed by atoms with Crippen LogP contribution in [0.25, 0.3) is 10.9 Å². The van der Waals surface area contributed by atoms with Crippen molar-refractivity contribution in [3.63, 3.8) is 0 Å². The minimum atomic E-state index is -0.714. The molecule has 0 amide bonds. The zero-order chi connectivity index (χ0) is 22.7. The van der Waals surface area contributed by atoms with Crippen molar-refractivity contribution in [2.24, 2.45) is 5.73 Å². The number of phenols is 2. The van der Waals surface area contributed by atoms with E-state index in [1.165, 1.54) is 19.2 Å². The highest BCUT2D eigenvalue weighted by molar-refractivity contribution is 5.95. The molecule has 166 valence electrons. The Morgan fingerprint density at radius 1 is 1.16 bits per heavy atom. The van der Waals surface area contributed by atoms with Gasteiger partial charge in [-0.1, -0.05) is 0 Å². The van der Waals surface area contributed by atoms with Crippen LogP contribution in [0, 0.1) is 5.82 Å². The summed E-state index contributed by atoms with van der Waals surface area (Å²) in [6.45, 7) is 1.10. The summed E-state index contributed by atoms with van der Waals surface area (Å²) in [5, 5.41) is 29.7. The fraction of sp³-hybridized carbons (Fsp3) is 0.143. The Morgan fingerprint density at radius 3 is 2.78 bits per heavy atom. The topological polar surface area (TPSA) is 153 Å². The Hall–Kier alpha value is -4.25. The number of nitrogens with one attached hydrogen (secondary N) is 4. The highest BCUT2D eigenvalue weighted by atomic mass is 19.1. The van der Waals surface area contributed by atoms with Gasteiger partial charge in [-0.15, -0.1) is 0 Å². The third-order valence-electron chi connectivity index (χ3n) is 4.69. The molecular weight excluding hydrogens is 417 g/mol. The number of methoxy groups -OCH3 is 1. The number of fused-ring (bicyclic) bond motifs is 1. The summed E-state index contributed by atoms with van der Waals surface area (Å²) in [4.78, 5) is 11.4. The van der Waals surface area contributed by atoms with Gasteiger partial charge in [0, 0.05) is 30.4 Å². The SMILES string of the molecule is COc1c(Nc2nc(Nc3cc(NCCN)cc4cc[nH]c34)ncc2F)ccc(O)c1O. The molecule has 11 heteroatoms. The van der Waals surface area contributed by atoms with Gasteiger partial charge in [-0.25, -0.2) is 9.37 Å². The number of anilines is 5. The number of nitrogens with zero attached hydrogens (tertiary/aromatic N) is 2. The number of phenolic OH excluding ortho intramolecular Hbond substituents is 2. The molecule has 0 unspecified atom stereocenters. The summed E-state index contributed by atoms with van der Waals surface area (Å²) in [5.74, 6) is -1.61. The Morgan fingerprint density at radius 2 is 2.00 bits per heavy atom. The van der Waals surface area contributed by atoms with Gasteiger partial charge in [-0.3, -0.25) is 0 Å². The van der Waals surface area contributed by atoms with Crippen molar-refractivity contribution < 1.29 is 19.3 Å². The first-order chi connectivity index (χ1) is 15.5. The molecule has 2 aromatic carbocycles. The van der Waals surface area contributed by atoms with E-state index < -0.39 is 11.6 Å². The van der Waals surface area contributed by atoms with Crippen molar-refractivity contribution in [3.05, 3.63) is 48.5 Å². The molecule has 4 aromatic rings. The molecule has 0 spiro atoms. The van der Waals surface area contributed by atoms with E-state index in [4.69, 9.17) is 10.5 Å². The predicted octanol–water partition coefficient (Wildman–Crippen LogP) is 3.37. The van der Waals surface area contributed by atoms with E-state index >= 15 is 0 Å². The fourth-order valence-corrected chi connectivity index (χ4v) is 3.22. The van der Waals surface area contributed by atoms with Gasteiger partial charge in [0.15, 0.2) is 23.1 Å². The van der Waals surface area contributed by atoms with Crippen LogP contribution >= 0.6 is 0 Å². The van der Waals surface area contributed by atoms with Crippen LogP contribution in [-0.2, 0) is 0 Å². The number of benzene rings is 2. The summed E-state index contributed by atoms with van der Waals surface area (Å²) in [7, 11) is 1.32. The standard InChI is InChI=1S/C21H22FN7O3/c1-32-19-14(2-3-16(30)18(19)31)27-20-13(22)10-26-21(29-20)28-15-9-12(24-7-5-23)8-11-4-6-25-17(11)15/h2-4,6,8-10,24-25,30-31H,5,7,23H2,1H3,(H2,26,27,28,29). The van der Waals surface area contributed by atoms with Crippen LogP contribution in [0.3, 0.4) is 0 Å². The Kier molecular flexibility index (Phi) is 5.81. The van der Waals surface area contributed by atoms with Crippen molar-refractivity contribution in [1.29, 1.82) is 0 Å². The molecule has 0 atom stereocenters. The van der Waals surface area contributed by atoms with Gasteiger partial charge >= 0.3 is 0 Å². The van der Waals surface area contributed by atoms with E-state index in [9.17, 15) is 14.6 Å². The lowest BCUT2D eigenvalue weighted by Crippen LogP contribution is -2.13. The van der Waals surface area contributed by atoms with Crippen molar-refractivity contribution in [1.82, 2.24) is 15.0 Å². The van der Waals surface area contributed by atoms with Crippen LogP contribution in [0.4, 0.5) is 33.2 Å². The molecule has 4 rings (SSSR count). The van der Waals surface area contributed by atoms with Crippen LogP contribution in [0.5, 0.6) is 17.2 Å². The Labute approximate surface area is 182 Å². The van der Waals surface area contributed by atoms with Crippen LogP contribution in [0.2, 0.25) is 0 Å². The number of halogens is 1. The lowest BCUT2D eigenvalue weighted by atomic mass is 10.2. The monoisotopic (exact) mass is 439 g/mol. The first-order valence-corrected chi connectivity index (χ1v) is 9.70. The number of aromatic nitrogens is 3. The van der Waals surface area contributed by atoms with Crippen molar-refractivity contribution in [2.45, 2.75) is 0 Å². The van der Waals surface area contributed by atoms with Gasteiger partial charge in [-0.2, -0.15) is 4.98 Å². The van der Waals surface area contributed by atoms with Gasteiger partial charge < -0.3 is 41.6 Å². The van der Waals surface area contributed by atoms with E-state index in [1.54, 1.807) is 0 Å². The number of rotatable bonds is 8. The average Bonchev–Trinajstić information content (AvgIpc) is 3.26. The highest BCUT2D eigenvalue weighted by Crippen LogP contribution is 2.42. The van der Waals surface area contributed by atoms with Crippen LogP contribution in [0.1, 0.15) is 0 Å². The minimum absolute atomic E-state index is 0.0516. The van der Waals surface area contributed by atoms with E-state index in [2.05, 4.69) is 30.9 Å². The maximum atomic E-state index is 14.4. The first kappa shape index (κ1) is 21.0. The van der Waals surface area contributed by atoms with Gasteiger partial charge in [-0.05, 0) is 30.3 Å². The molecule has 0 aliphatic carbocycles. The van der Waals surface area contributed by atoms with Crippen molar-refractivity contribution >= 4 is 39.7 Å². The predicted molar refractivity (Wildman–Crippen MR) is 121 cm³/mol. The van der Waals surface area contributed by atoms with E-state index in [0.29, 0.717) is 18.8 Å². The summed E-state index contributed by atoms with van der Waals surface area (Å²) in [5.41, 5.74) is 8.16. The van der Waals surface area contributed by atoms with Crippen LogP contribution in [-0.4, -0.2) is 45.4 Å². The Balaban J connectivity index is 1.66. The number of nitrogens with two attached hydrogens (primary N) is 1. The second-order valence-corrected chi connectivity index (χ2v) is 6.84. The molecule has 0 aliphatic heterocycles. The molecule has 0 saturated carbocycles. The number of aromatic amines is 1. The third-order valence-corrected chi connectivity index (χ3v) is 4.69. The molecule has 0 saturated heterocycles.